The van der Waals surface area contributed by atoms with Gasteiger partial charge in [0, 0.05) is 11.1 Å². The van der Waals surface area contributed by atoms with Crippen LogP contribution in [0.4, 0.5) is 0 Å². The molecular formula is C24H24O2. The van der Waals surface area contributed by atoms with Crippen molar-refractivity contribution in [3.63, 3.8) is 0 Å². The average molecular weight is 344 g/mol. The lowest BCUT2D eigenvalue weighted by Crippen LogP contribution is -2.05. The standard InChI is InChI=1S/C24H24O2/c1-4-25-23-21(17-11-7-6-8-12-17)16(3)20-15-18-13-9-10-14-19(18)22(20)24(23)26-5-2/h6-14H,4-5,15H2,1-3H3. The summed E-state index contributed by atoms with van der Waals surface area (Å²) < 4.78 is 12.4. The Morgan fingerprint density at radius 3 is 2.08 bits per heavy atom. The van der Waals surface area contributed by atoms with Crippen molar-refractivity contribution in [2.24, 2.45) is 0 Å². The van der Waals surface area contributed by atoms with Gasteiger partial charge in [-0.1, -0.05) is 54.6 Å². The fourth-order valence-corrected chi connectivity index (χ4v) is 4.00. The van der Waals surface area contributed by atoms with Gasteiger partial charge < -0.3 is 9.47 Å². The summed E-state index contributed by atoms with van der Waals surface area (Å²) in [5.41, 5.74) is 8.82. The van der Waals surface area contributed by atoms with Crippen LogP contribution in [0.15, 0.2) is 54.6 Å². The highest BCUT2D eigenvalue weighted by molar-refractivity contribution is 5.92. The van der Waals surface area contributed by atoms with Crippen LogP contribution < -0.4 is 9.47 Å². The Hall–Kier alpha value is -2.74. The first-order valence-corrected chi connectivity index (χ1v) is 9.34. The van der Waals surface area contributed by atoms with Crippen molar-refractivity contribution in [2.45, 2.75) is 27.2 Å². The molecule has 0 saturated carbocycles. The zero-order chi connectivity index (χ0) is 18.1. The summed E-state index contributed by atoms with van der Waals surface area (Å²) in [4.78, 5) is 0. The first kappa shape index (κ1) is 16.7. The molecule has 2 heteroatoms. The molecule has 0 aromatic heterocycles. The van der Waals surface area contributed by atoms with Crippen LogP contribution in [0.1, 0.15) is 30.5 Å². The molecule has 0 fully saturated rings. The third kappa shape index (κ3) is 2.57. The molecule has 0 aliphatic heterocycles. The highest BCUT2D eigenvalue weighted by atomic mass is 16.5. The van der Waals surface area contributed by atoms with Crippen LogP contribution in [-0.4, -0.2) is 13.2 Å². The van der Waals surface area contributed by atoms with E-state index < -0.39 is 0 Å². The van der Waals surface area contributed by atoms with Gasteiger partial charge in [-0.25, -0.2) is 0 Å². The molecule has 0 N–H and O–H groups in total. The molecule has 3 aromatic carbocycles. The quantitative estimate of drug-likeness (QED) is 0.440. The van der Waals surface area contributed by atoms with E-state index in [0.717, 1.165) is 23.5 Å². The average Bonchev–Trinajstić information content (AvgIpc) is 3.06. The van der Waals surface area contributed by atoms with Crippen molar-refractivity contribution in [1.29, 1.82) is 0 Å². The van der Waals surface area contributed by atoms with E-state index in [1.54, 1.807) is 0 Å². The molecule has 2 nitrogen and oxygen atoms in total. The summed E-state index contributed by atoms with van der Waals surface area (Å²) in [6.45, 7) is 7.50. The summed E-state index contributed by atoms with van der Waals surface area (Å²) in [7, 11) is 0. The van der Waals surface area contributed by atoms with Gasteiger partial charge in [-0.2, -0.15) is 0 Å². The maximum Gasteiger partial charge on any atom is 0.169 e. The Labute approximate surface area is 155 Å². The summed E-state index contributed by atoms with van der Waals surface area (Å²) in [6, 6.07) is 19.1. The molecule has 0 heterocycles. The van der Waals surface area contributed by atoms with Crippen LogP contribution in [0.25, 0.3) is 22.3 Å². The third-order valence-corrected chi connectivity index (χ3v) is 5.08. The minimum atomic E-state index is 0.611. The number of rotatable bonds is 5. The van der Waals surface area contributed by atoms with E-state index in [2.05, 4.69) is 55.5 Å². The number of hydrogen-bond acceptors (Lipinski definition) is 2. The second kappa shape index (κ2) is 6.87. The predicted molar refractivity (Wildman–Crippen MR) is 107 cm³/mol. The Bertz CT molecular complexity index is 935. The lowest BCUT2D eigenvalue weighted by Gasteiger charge is -2.22. The molecule has 132 valence electrons. The molecule has 0 unspecified atom stereocenters. The zero-order valence-electron chi connectivity index (χ0n) is 15.6. The summed E-state index contributed by atoms with van der Waals surface area (Å²) in [5.74, 6) is 1.76. The fraction of sp³-hybridized carbons (Fsp3) is 0.250. The largest absolute Gasteiger partial charge is 0.489 e. The van der Waals surface area contributed by atoms with Gasteiger partial charge in [0.05, 0.1) is 13.2 Å². The van der Waals surface area contributed by atoms with Crippen LogP contribution in [0.5, 0.6) is 11.5 Å². The fourth-order valence-electron chi connectivity index (χ4n) is 4.00. The van der Waals surface area contributed by atoms with E-state index in [9.17, 15) is 0 Å². The van der Waals surface area contributed by atoms with E-state index in [1.807, 2.05) is 19.9 Å². The molecule has 0 saturated heterocycles. The topological polar surface area (TPSA) is 18.5 Å². The SMILES string of the molecule is CCOc1c(OCC)c2c(c(C)c1-c1ccccc1)Cc1ccccc1-2. The van der Waals surface area contributed by atoms with E-state index in [1.165, 1.54) is 33.4 Å². The Balaban J connectivity index is 2.07. The Kier molecular flexibility index (Phi) is 4.42. The minimum absolute atomic E-state index is 0.611. The monoisotopic (exact) mass is 344 g/mol. The van der Waals surface area contributed by atoms with Crippen LogP contribution in [-0.2, 0) is 6.42 Å². The zero-order valence-corrected chi connectivity index (χ0v) is 15.6. The van der Waals surface area contributed by atoms with Gasteiger partial charge >= 0.3 is 0 Å². The normalized spacial score (nSPS) is 11.8. The van der Waals surface area contributed by atoms with E-state index in [4.69, 9.17) is 9.47 Å². The lowest BCUT2D eigenvalue weighted by molar-refractivity contribution is 0.289. The molecule has 0 amide bonds. The molecule has 0 spiro atoms. The predicted octanol–water partition coefficient (Wildman–Crippen LogP) is 6.03. The summed E-state index contributed by atoms with van der Waals surface area (Å²) in [6.07, 6.45) is 0.948. The Morgan fingerprint density at radius 2 is 1.38 bits per heavy atom. The molecule has 0 atom stereocenters. The van der Waals surface area contributed by atoms with E-state index in [-0.39, 0.29) is 0 Å². The molecule has 1 aliphatic carbocycles. The second-order valence-corrected chi connectivity index (χ2v) is 6.58. The molecule has 3 aromatic rings. The maximum absolute atomic E-state index is 6.18. The highest BCUT2D eigenvalue weighted by Gasteiger charge is 2.30. The van der Waals surface area contributed by atoms with Gasteiger partial charge in [-0.3, -0.25) is 0 Å². The lowest BCUT2D eigenvalue weighted by atomic mass is 9.91. The molecular weight excluding hydrogens is 320 g/mol. The van der Waals surface area contributed by atoms with E-state index in [0.29, 0.717) is 13.2 Å². The first-order chi connectivity index (χ1) is 12.8. The van der Waals surface area contributed by atoms with Crippen LogP contribution >= 0.6 is 0 Å². The van der Waals surface area contributed by atoms with Crippen molar-refractivity contribution in [2.75, 3.05) is 13.2 Å². The van der Waals surface area contributed by atoms with Gasteiger partial charge in [0.2, 0.25) is 0 Å². The number of benzene rings is 3. The number of ether oxygens (including phenoxy) is 2. The van der Waals surface area contributed by atoms with Crippen LogP contribution in [0.3, 0.4) is 0 Å². The van der Waals surface area contributed by atoms with Crippen LogP contribution in [0, 0.1) is 6.92 Å². The van der Waals surface area contributed by atoms with Crippen LogP contribution in [0.2, 0.25) is 0 Å². The highest BCUT2D eigenvalue weighted by Crippen LogP contribution is 2.53. The van der Waals surface area contributed by atoms with Crippen molar-refractivity contribution in [3.8, 4) is 33.8 Å². The van der Waals surface area contributed by atoms with Crippen molar-refractivity contribution in [1.82, 2.24) is 0 Å². The number of fused-ring (bicyclic) bond motifs is 3. The molecule has 0 radical (unpaired) electrons. The van der Waals surface area contributed by atoms with Gasteiger partial charge in [0.1, 0.15) is 0 Å². The van der Waals surface area contributed by atoms with Crippen molar-refractivity contribution in [3.05, 3.63) is 71.3 Å². The number of hydrogen-bond donors (Lipinski definition) is 0. The van der Waals surface area contributed by atoms with E-state index >= 15 is 0 Å². The summed E-state index contributed by atoms with van der Waals surface area (Å²) >= 11 is 0. The molecule has 4 rings (SSSR count). The summed E-state index contributed by atoms with van der Waals surface area (Å²) in [5, 5.41) is 0. The molecule has 26 heavy (non-hydrogen) atoms. The first-order valence-electron chi connectivity index (χ1n) is 9.34. The van der Waals surface area contributed by atoms with Gasteiger partial charge in [-0.05, 0) is 55.0 Å². The third-order valence-electron chi connectivity index (χ3n) is 5.08. The molecule has 1 aliphatic rings. The van der Waals surface area contributed by atoms with Gasteiger partial charge in [-0.15, -0.1) is 0 Å². The molecule has 0 bridgehead atoms. The van der Waals surface area contributed by atoms with Gasteiger partial charge in [0.25, 0.3) is 0 Å². The Morgan fingerprint density at radius 1 is 0.769 bits per heavy atom. The van der Waals surface area contributed by atoms with Gasteiger partial charge in [0.15, 0.2) is 11.5 Å². The minimum Gasteiger partial charge on any atom is -0.489 e. The maximum atomic E-state index is 6.18. The second-order valence-electron chi connectivity index (χ2n) is 6.58. The van der Waals surface area contributed by atoms with Crippen molar-refractivity contribution >= 4 is 0 Å². The smallest absolute Gasteiger partial charge is 0.169 e. The van der Waals surface area contributed by atoms with Crippen molar-refractivity contribution < 1.29 is 9.47 Å².